The van der Waals surface area contributed by atoms with Gasteiger partial charge in [-0.05, 0) is 37.3 Å². The number of rotatable bonds is 6. The fourth-order valence-electron chi connectivity index (χ4n) is 2.30. The van der Waals surface area contributed by atoms with E-state index >= 15 is 0 Å². The van der Waals surface area contributed by atoms with Crippen LogP contribution in [0.1, 0.15) is 23.0 Å². The summed E-state index contributed by atoms with van der Waals surface area (Å²) in [6.45, 7) is 2.01. The molecular formula is C18H15ClFN3O3. The predicted octanol–water partition coefficient (Wildman–Crippen LogP) is 4.02. The molecule has 26 heavy (non-hydrogen) atoms. The number of ether oxygens (including phenoxy) is 2. The Morgan fingerprint density at radius 3 is 2.69 bits per heavy atom. The second-order valence-corrected chi connectivity index (χ2v) is 5.67. The Morgan fingerprint density at radius 2 is 1.96 bits per heavy atom. The molecule has 2 aromatic carbocycles. The van der Waals surface area contributed by atoms with Gasteiger partial charge in [0.05, 0.1) is 11.6 Å². The molecule has 0 aliphatic heterocycles. The van der Waals surface area contributed by atoms with E-state index in [-0.39, 0.29) is 23.9 Å². The maximum Gasteiger partial charge on any atom is 0.361 e. The van der Waals surface area contributed by atoms with Gasteiger partial charge in [0.25, 0.3) is 0 Å². The highest BCUT2D eigenvalue weighted by Crippen LogP contribution is 2.24. The van der Waals surface area contributed by atoms with Crippen LogP contribution in [0.4, 0.5) is 4.39 Å². The van der Waals surface area contributed by atoms with Crippen LogP contribution in [0.3, 0.4) is 0 Å². The molecule has 8 heteroatoms. The normalized spacial score (nSPS) is 10.6. The summed E-state index contributed by atoms with van der Waals surface area (Å²) in [7, 11) is 0. The Hall–Kier alpha value is -2.93. The van der Waals surface area contributed by atoms with E-state index in [4.69, 9.17) is 21.1 Å². The highest BCUT2D eigenvalue weighted by Gasteiger charge is 2.19. The van der Waals surface area contributed by atoms with Crippen molar-refractivity contribution >= 4 is 17.6 Å². The number of hydrogen-bond donors (Lipinski definition) is 1. The van der Waals surface area contributed by atoms with E-state index in [2.05, 4.69) is 15.4 Å². The molecule has 0 radical (unpaired) electrons. The lowest BCUT2D eigenvalue weighted by molar-refractivity contribution is 0.0520. The fourth-order valence-corrected chi connectivity index (χ4v) is 2.50. The first-order valence-corrected chi connectivity index (χ1v) is 8.22. The summed E-state index contributed by atoms with van der Waals surface area (Å²) >= 11 is 5.75. The standard InChI is InChI=1S/C18H15ClFN3O3/c1-2-25-18(24)17-16(21-23-22-17)11-6-8-13(9-7-11)26-10-12-4-3-5-14(19)15(12)20/h3-9H,2,10H2,1H3,(H,21,22,23). The second kappa shape index (κ2) is 7.97. The lowest BCUT2D eigenvalue weighted by atomic mass is 10.1. The minimum absolute atomic E-state index is 0.0454. The van der Waals surface area contributed by atoms with Gasteiger partial charge in [0.2, 0.25) is 0 Å². The van der Waals surface area contributed by atoms with Crippen LogP contribution in [-0.2, 0) is 11.3 Å². The fraction of sp³-hybridized carbons (Fsp3) is 0.167. The molecule has 1 aromatic heterocycles. The minimum atomic E-state index is -0.548. The molecule has 0 atom stereocenters. The highest BCUT2D eigenvalue weighted by molar-refractivity contribution is 6.30. The summed E-state index contributed by atoms with van der Waals surface area (Å²) in [5.41, 5.74) is 1.53. The van der Waals surface area contributed by atoms with E-state index in [0.29, 0.717) is 22.6 Å². The predicted molar refractivity (Wildman–Crippen MR) is 93.5 cm³/mol. The monoisotopic (exact) mass is 375 g/mol. The Morgan fingerprint density at radius 1 is 1.19 bits per heavy atom. The number of hydrogen-bond acceptors (Lipinski definition) is 5. The zero-order valence-electron chi connectivity index (χ0n) is 13.8. The lowest BCUT2D eigenvalue weighted by Gasteiger charge is -2.08. The van der Waals surface area contributed by atoms with Gasteiger partial charge in [-0.1, -0.05) is 23.7 Å². The van der Waals surface area contributed by atoms with Gasteiger partial charge in [-0.2, -0.15) is 10.3 Å². The molecule has 0 aliphatic rings. The van der Waals surface area contributed by atoms with Gasteiger partial charge in [0, 0.05) is 11.1 Å². The summed E-state index contributed by atoms with van der Waals surface area (Å²) in [5.74, 6) is -0.505. The number of nitrogens with one attached hydrogen (secondary N) is 1. The topological polar surface area (TPSA) is 77.1 Å². The average Bonchev–Trinajstić information content (AvgIpc) is 3.13. The van der Waals surface area contributed by atoms with E-state index in [1.165, 1.54) is 6.07 Å². The van der Waals surface area contributed by atoms with Gasteiger partial charge in [-0.25, -0.2) is 9.18 Å². The summed E-state index contributed by atoms with van der Waals surface area (Å²) in [6.07, 6.45) is 0. The average molecular weight is 376 g/mol. The number of carbonyl (C=O) groups is 1. The van der Waals surface area contributed by atoms with Gasteiger partial charge >= 0.3 is 5.97 Å². The summed E-state index contributed by atoms with van der Waals surface area (Å²) < 4.78 is 24.4. The van der Waals surface area contributed by atoms with E-state index in [9.17, 15) is 9.18 Å². The van der Waals surface area contributed by atoms with Crippen LogP contribution in [0.2, 0.25) is 5.02 Å². The van der Waals surface area contributed by atoms with Gasteiger partial charge in [0.15, 0.2) is 5.69 Å². The largest absolute Gasteiger partial charge is 0.489 e. The first-order valence-electron chi connectivity index (χ1n) is 7.84. The molecular weight excluding hydrogens is 361 g/mol. The summed E-state index contributed by atoms with van der Waals surface area (Å²) in [5, 5.41) is 10.3. The number of aromatic nitrogens is 3. The smallest absolute Gasteiger partial charge is 0.361 e. The maximum atomic E-state index is 13.9. The van der Waals surface area contributed by atoms with Gasteiger partial charge in [-0.15, -0.1) is 5.10 Å². The van der Waals surface area contributed by atoms with Crippen molar-refractivity contribution in [3.05, 3.63) is 64.6 Å². The Balaban J connectivity index is 1.72. The third-order valence-electron chi connectivity index (χ3n) is 3.57. The molecule has 134 valence electrons. The van der Waals surface area contributed by atoms with Crippen LogP contribution >= 0.6 is 11.6 Å². The number of H-pyrrole nitrogens is 1. The van der Waals surface area contributed by atoms with Gasteiger partial charge < -0.3 is 9.47 Å². The van der Waals surface area contributed by atoms with Gasteiger partial charge in [-0.3, -0.25) is 0 Å². The van der Waals surface area contributed by atoms with Crippen molar-refractivity contribution in [3.63, 3.8) is 0 Å². The lowest BCUT2D eigenvalue weighted by Crippen LogP contribution is -2.06. The number of carbonyl (C=O) groups excluding carboxylic acids is 1. The zero-order chi connectivity index (χ0) is 18.5. The number of benzene rings is 2. The van der Waals surface area contributed by atoms with Crippen molar-refractivity contribution < 1.29 is 18.7 Å². The molecule has 0 amide bonds. The van der Waals surface area contributed by atoms with Crippen LogP contribution in [0, 0.1) is 5.82 Å². The summed E-state index contributed by atoms with van der Waals surface area (Å²) in [4.78, 5) is 11.9. The first kappa shape index (κ1) is 17.9. The Labute approximate surface area is 153 Å². The SMILES string of the molecule is CCOC(=O)c1n[nH]nc1-c1ccc(OCc2cccc(Cl)c2F)cc1. The quantitative estimate of drug-likeness (QED) is 0.658. The van der Waals surface area contributed by atoms with Crippen molar-refractivity contribution in [2.24, 2.45) is 0 Å². The molecule has 0 saturated heterocycles. The van der Waals surface area contributed by atoms with E-state index in [1.54, 1.807) is 43.3 Å². The number of aromatic amines is 1. The molecule has 0 aliphatic carbocycles. The van der Waals surface area contributed by atoms with Crippen molar-refractivity contribution in [3.8, 4) is 17.0 Å². The van der Waals surface area contributed by atoms with Crippen molar-refractivity contribution in [1.29, 1.82) is 0 Å². The molecule has 1 N–H and O–H groups in total. The molecule has 6 nitrogen and oxygen atoms in total. The van der Waals surface area contributed by atoms with Crippen LogP contribution < -0.4 is 4.74 Å². The van der Waals surface area contributed by atoms with Crippen LogP contribution in [0.25, 0.3) is 11.3 Å². The van der Waals surface area contributed by atoms with Crippen molar-refractivity contribution in [2.75, 3.05) is 6.61 Å². The van der Waals surface area contributed by atoms with E-state index in [1.807, 2.05) is 0 Å². The maximum absolute atomic E-state index is 13.9. The molecule has 3 rings (SSSR count). The van der Waals surface area contributed by atoms with Crippen molar-refractivity contribution in [2.45, 2.75) is 13.5 Å². The highest BCUT2D eigenvalue weighted by atomic mass is 35.5. The number of nitrogens with zero attached hydrogens (tertiary/aromatic N) is 2. The zero-order valence-corrected chi connectivity index (χ0v) is 14.6. The van der Waals surface area contributed by atoms with Gasteiger partial charge in [0.1, 0.15) is 23.9 Å². The third-order valence-corrected chi connectivity index (χ3v) is 3.86. The van der Waals surface area contributed by atoms with Crippen molar-refractivity contribution in [1.82, 2.24) is 15.4 Å². The molecule has 0 unspecified atom stereocenters. The second-order valence-electron chi connectivity index (χ2n) is 5.27. The Kier molecular flexibility index (Phi) is 5.48. The summed E-state index contributed by atoms with van der Waals surface area (Å²) in [6, 6.07) is 11.6. The molecule has 0 spiro atoms. The molecule has 1 heterocycles. The van der Waals surface area contributed by atoms with Crippen LogP contribution in [0.5, 0.6) is 5.75 Å². The number of halogens is 2. The van der Waals surface area contributed by atoms with E-state index in [0.717, 1.165) is 0 Å². The third kappa shape index (κ3) is 3.83. The minimum Gasteiger partial charge on any atom is -0.489 e. The van der Waals surface area contributed by atoms with Crippen LogP contribution in [0.15, 0.2) is 42.5 Å². The molecule has 0 bridgehead atoms. The molecule has 0 saturated carbocycles. The van der Waals surface area contributed by atoms with Crippen LogP contribution in [-0.4, -0.2) is 28.0 Å². The first-order chi connectivity index (χ1) is 12.6. The number of esters is 1. The molecule has 0 fully saturated rings. The van der Waals surface area contributed by atoms with E-state index < -0.39 is 11.8 Å². The molecule has 3 aromatic rings. The Bertz CT molecular complexity index is 912.